The molecule has 0 bridgehead atoms. The summed E-state index contributed by atoms with van der Waals surface area (Å²) in [5, 5.41) is 9.51. The maximum Gasteiger partial charge on any atom is 0.254 e. The summed E-state index contributed by atoms with van der Waals surface area (Å²) in [5.74, 6) is -4.60. The molecule has 2 aromatic carbocycles. The molecule has 22 heavy (non-hydrogen) atoms. The summed E-state index contributed by atoms with van der Waals surface area (Å²) in [5.41, 5.74) is 5.55. The van der Waals surface area contributed by atoms with Crippen LogP contribution in [0, 0.1) is 24.4 Å². The van der Waals surface area contributed by atoms with Crippen LogP contribution in [-0.4, -0.2) is 11.0 Å². The SMILES string of the molecule is Cc1cc(CBr)ccc1F.NC(=O)c1c(F)ccc(O)c1F. The van der Waals surface area contributed by atoms with Gasteiger partial charge >= 0.3 is 0 Å². The molecule has 3 N–H and O–H groups in total. The van der Waals surface area contributed by atoms with E-state index >= 15 is 0 Å². The molecule has 0 aliphatic rings. The summed E-state index contributed by atoms with van der Waals surface area (Å²) < 4.78 is 38.0. The monoisotopic (exact) mass is 375 g/mol. The molecule has 1 amide bonds. The van der Waals surface area contributed by atoms with E-state index in [1.54, 1.807) is 13.0 Å². The zero-order chi connectivity index (χ0) is 16.9. The van der Waals surface area contributed by atoms with Crippen molar-refractivity contribution in [3.8, 4) is 5.75 Å². The average molecular weight is 376 g/mol. The molecule has 0 saturated heterocycles. The average Bonchev–Trinajstić information content (AvgIpc) is 2.46. The molecule has 0 atom stereocenters. The molecule has 118 valence electrons. The summed E-state index contributed by atoms with van der Waals surface area (Å²) in [4.78, 5) is 10.4. The zero-order valence-corrected chi connectivity index (χ0v) is 13.1. The third kappa shape index (κ3) is 4.49. The zero-order valence-electron chi connectivity index (χ0n) is 11.5. The van der Waals surface area contributed by atoms with E-state index in [0.29, 0.717) is 5.56 Å². The second-order valence-corrected chi connectivity index (χ2v) is 4.90. The van der Waals surface area contributed by atoms with E-state index in [-0.39, 0.29) is 5.82 Å². The highest BCUT2D eigenvalue weighted by Crippen LogP contribution is 2.20. The minimum atomic E-state index is -1.33. The molecule has 0 saturated carbocycles. The van der Waals surface area contributed by atoms with E-state index in [9.17, 15) is 18.0 Å². The van der Waals surface area contributed by atoms with Crippen molar-refractivity contribution in [3.63, 3.8) is 0 Å². The van der Waals surface area contributed by atoms with Crippen molar-refractivity contribution >= 4 is 21.8 Å². The van der Waals surface area contributed by atoms with E-state index in [0.717, 1.165) is 23.0 Å². The van der Waals surface area contributed by atoms with Crippen molar-refractivity contribution in [1.29, 1.82) is 0 Å². The van der Waals surface area contributed by atoms with Crippen LogP contribution in [0.3, 0.4) is 0 Å². The Kier molecular flexibility index (Phi) is 6.42. The van der Waals surface area contributed by atoms with Crippen LogP contribution >= 0.6 is 15.9 Å². The molecule has 0 aliphatic carbocycles. The predicted octanol–water partition coefficient (Wildman–Crippen LogP) is 3.80. The quantitative estimate of drug-likeness (QED) is 0.784. The van der Waals surface area contributed by atoms with Gasteiger partial charge in [0.1, 0.15) is 17.2 Å². The fraction of sp³-hybridized carbons (Fsp3) is 0.133. The molecule has 0 aromatic heterocycles. The summed E-state index contributed by atoms with van der Waals surface area (Å²) >= 11 is 3.29. The Morgan fingerprint density at radius 1 is 1.18 bits per heavy atom. The lowest BCUT2D eigenvalue weighted by Gasteiger charge is -2.00. The topological polar surface area (TPSA) is 63.3 Å². The molecule has 0 aliphatic heterocycles. The number of benzene rings is 2. The number of aryl methyl sites for hydroxylation is 1. The molecule has 7 heteroatoms. The third-order valence-electron chi connectivity index (χ3n) is 2.69. The van der Waals surface area contributed by atoms with E-state index in [2.05, 4.69) is 21.7 Å². The number of aromatic hydroxyl groups is 1. The van der Waals surface area contributed by atoms with Crippen LogP contribution in [0.15, 0.2) is 30.3 Å². The van der Waals surface area contributed by atoms with Crippen molar-refractivity contribution in [2.24, 2.45) is 5.73 Å². The van der Waals surface area contributed by atoms with Gasteiger partial charge in [-0.1, -0.05) is 28.1 Å². The van der Waals surface area contributed by atoms with Crippen LogP contribution in [-0.2, 0) is 5.33 Å². The summed E-state index contributed by atoms with van der Waals surface area (Å²) in [6, 6.07) is 6.67. The van der Waals surface area contributed by atoms with Crippen LogP contribution in [0.25, 0.3) is 0 Å². The Morgan fingerprint density at radius 2 is 1.77 bits per heavy atom. The first-order chi connectivity index (χ1) is 10.3. The van der Waals surface area contributed by atoms with Gasteiger partial charge in [-0.2, -0.15) is 0 Å². The van der Waals surface area contributed by atoms with Crippen molar-refractivity contribution in [2.75, 3.05) is 0 Å². The molecule has 3 nitrogen and oxygen atoms in total. The molecule has 0 heterocycles. The first kappa shape index (κ1) is 18.0. The molecular weight excluding hydrogens is 363 g/mol. The molecule has 0 radical (unpaired) electrons. The van der Waals surface area contributed by atoms with Crippen LogP contribution in [0.4, 0.5) is 13.2 Å². The highest BCUT2D eigenvalue weighted by atomic mass is 79.9. The van der Waals surface area contributed by atoms with Crippen LogP contribution in [0.5, 0.6) is 5.75 Å². The van der Waals surface area contributed by atoms with Gasteiger partial charge in [0.15, 0.2) is 11.6 Å². The van der Waals surface area contributed by atoms with Gasteiger partial charge in [-0.15, -0.1) is 0 Å². The minimum Gasteiger partial charge on any atom is -0.505 e. The number of primary amides is 1. The Hall–Kier alpha value is -2.02. The Bertz CT molecular complexity index is 693. The van der Waals surface area contributed by atoms with Gasteiger partial charge in [-0.3, -0.25) is 4.79 Å². The standard InChI is InChI=1S/C8H8BrF.C7H5F2NO2/c1-6-4-7(5-9)2-3-8(6)10;8-3-1-2-4(11)6(9)5(3)7(10)12/h2-4H,5H2,1H3;1-2,11H,(H2,10,12). The van der Waals surface area contributed by atoms with Gasteiger partial charge in [0.25, 0.3) is 5.91 Å². The molecule has 0 unspecified atom stereocenters. The highest BCUT2D eigenvalue weighted by molar-refractivity contribution is 9.08. The molecule has 2 rings (SSSR count). The van der Waals surface area contributed by atoms with Gasteiger partial charge < -0.3 is 10.8 Å². The van der Waals surface area contributed by atoms with Crippen LogP contribution in [0.2, 0.25) is 0 Å². The van der Waals surface area contributed by atoms with Gasteiger partial charge in [-0.25, -0.2) is 13.2 Å². The molecule has 2 aromatic rings. The summed E-state index contributed by atoms with van der Waals surface area (Å²) in [6.07, 6.45) is 0. The second-order valence-electron chi connectivity index (χ2n) is 4.34. The number of amides is 1. The summed E-state index contributed by atoms with van der Waals surface area (Å²) in [6.45, 7) is 1.77. The number of carbonyl (C=O) groups is 1. The number of rotatable bonds is 2. The third-order valence-corrected chi connectivity index (χ3v) is 3.34. The second kappa shape index (κ2) is 7.84. The lowest BCUT2D eigenvalue weighted by atomic mass is 10.1. The Balaban J connectivity index is 0.000000224. The molecule has 0 spiro atoms. The van der Waals surface area contributed by atoms with Gasteiger partial charge in [-0.05, 0) is 36.2 Å². The van der Waals surface area contributed by atoms with Crippen molar-refractivity contribution < 1.29 is 23.1 Å². The fourth-order valence-electron chi connectivity index (χ4n) is 1.56. The fourth-order valence-corrected chi connectivity index (χ4v) is 1.91. The highest BCUT2D eigenvalue weighted by Gasteiger charge is 2.17. The number of phenols is 1. The van der Waals surface area contributed by atoms with Crippen molar-refractivity contribution in [2.45, 2.75) is 12.3 Å². The van der Waals surface area contributed by atoms with Gasteiger partial charge in [0, 0.05) is 5.33 Å². The smallest absolute Gasteiger partial charge is 0.254 e. The predicted molar refractivity (Wildman–Crippen MR) is 80.3 cm³/mol. The Labute approximate surface area is 133 Å². The largest absolute Gasteiger partial charge is 0.505 e. The maximum atomic E-state index is 12.7. The van der Waals surface area contributed by atoms with Gasteiger partial charge in [0.05, 0.1) is 0 Å². The van der Waals surface area contributed by atoms with E-state index in [1.165, 1.54) is 6.07 Å². The Morgan fingerprint density at radius 3 is 2.23 bits per heavy atom. The van der Waals surface area contributed by atoms with E-state index in [4.69, 9.17) is 5.11 Å². The number of hydrogen-bond acceptors (Lipinski definition) is 2. The number of hydrogen-bond donors (Lipinski definition) is 2. The maximum absolute atomic E-state index is 12.7. The number of phenolic OH excluding ortho intramolecular Hbond substituents is 1. The van der Waals surface area contributed by atoms with Gasteiger partial charge in [0.2, 0.25) is 0 Å². The molecule has 0 fully saturated rings. The number of alkyl halides is 1. The lowest BCUT2D eigenvalue weighted by molar-refractivity contribution is 0.0991. The number of nitrogens with two attached hydrogens (primary N) is 1. The molecular formula is C15H13BrF3NO2. The normalized spacial score (nSPS) is 9.86. The number of carbonyl (C=O) groups excluding carboxylic acids is 1. The van der Waals surface area contributed by atoms with E-state index in [1.807, 2.05) is 6.07 Å². The van der Waals surface area contributed by atoms with Crippen molar-refractivity contribution in [1.82, 2.24) is 0 Å². The first-order valence-electron chi connectivity index (χ1n) is 6.05. The lowest BCUT2D eigenvalue weighted by Crippen LogP contribution is -2.15. The van der Waals surface area contributed by atoms with Crippen LogP contribution in [0.1, 0.15) is 21.5 Å². The number of halogens is 4. The minimum absolute atomic E-state index is 0.135. The first-order valence-corrected chi connectivity index (χ1v) is 7.17. The summed E-state index contributed by atoms with van der Waals surface area (Å²) in [7, 11) is 0. The van der Waals surface area contributed by atoms with E-state index < -0.39 is 28.9 Å². The van der Waals surface area contributed by atoms with Crippen molar-refractivity contribution in [3.05, 3.63) is 64.5 Å². The van der Waals surface area contributed by atoms with Crippen LogP contribution < -0.4 is 5.73 Å².